The van der Waals surface area contributed by atoms with Crippen LogP contribution in [0.3, 0.4) is 0 Å². The molecule has 1 fully saturated rings. The van der Waals surface area contributed by atoms with Crippen molar-refractivity contribution in [2.75, 3.05) is 25.2 Å². The molecule has 7 nitrogen and oxygen atoms in total. The van der Waals surface area contributed by atoms with Gasteiger partial charge in [0.05, 0.1) is 25.2 Å². The number of nitrogens with one attached hydrogen (secondary N) is 2. The minimum absolute atomic E-state index is 0.0385. The summed E-state index contributed by atoms with van der Waals surface area (Å²) in [4.78, 5) is 23.7. The lowest BCUT2D eigenvalue weighted by atomic mass is 10.1. The van der Waals surface area contributed by atoms with Crippen molar-refractivity contribution in [2.45, 2.75) is 19.4 Å². The number of rotatable bonds is 6. The number of carbonyl (C=O) groups excluding carboxylic acids is 2. The van der Waals surface area contributed by atoms with Gasteiger partial charge in [0.2, 0.25) is 11.8 Å². The van der Waals surface area contributed by atoms with E-state index in [0.717, 1.165) is 16.9 Å². The molecule has 0 bridgehead atoms. The van der Waals surface area contributed by atoms with E-state index in [0.29, 0.717) is 6.42 Å². The molecule has 2 rings (SSSR count). The second-order valence-electron chi connectivity index (χ2n) is 5.94. The zero-order chi connectivity index (χ0) is 18.4. The van der Waals surface area contributed by atoms with Crippen molar-refractivity contribution in [1.29, 1.82) is 0 Å². The number of benzene rings is 1. The van der Waals surface area contributed by atoms with Gasteiger partial charge in [-0.1, -0.05) is 12.1 Å². The molecule has 0 aliphatic carbocycles. The van der Waals surface area contributed by atoms with Crippen LogP contribution in [0.2, 0.25) is 0 Å². The molecule has 2 N–H and O–H groups in total. The first-order chi connectivity index (χ1) is 11.8. The number of amides is 2. The Kier molecular flexibility index (Phi) is 6.19. The topological polar surface area (TPSA) is 102 Å². The molecule has 1 unspecified atom stereocenters. The molecule has 0 aromatic heterocycles. The Morgan fingerprint density at radius 3 is 2.52 bits per heavy atom. The van der Waals surface area contributed by atoms with Gasteiger partial charge in [-0.05, 0) is 36.6 Å². The third-order valence-corrected chi connectivity index (χ3v) is 5.68. The summed E-state index contributed by atoms with van der Waals surface area (Å²) in [6, 6.07) is 6.91. The second-order valence-corrected chi connectivity index (χ2v) is 8.17. The zero-order valence-electron chi connectivity index (χ0n) is 14.2. The van der Waals surface area contributed by atoms with Crippen molar-refractivity contribution >= 4 is 27.2 Å². The average molecular weight is 366 g/mol. The van der Waals surface area contributed by atoms with Crippen LogP contribution in [0.1, 0.15) is 18.9 Å². The average Bonchev–Trinajstić information content (AvgIpc) is 2.91. The standard InChI is InChI=1S/C17H22N2O5S/c1-12(13-3-5-15(24-2)6-4-13)9-16(20)18-10-17(21)19-14-7-8-25(22,23)11-14/h3-6,9,14H,7-8,10-11H2,1-2H3,(H,18,20)(H,19,21)/b12-9+. The van der Waals surface area contributed by atoms with Crippen LogP contribution in [-0.2, 0) is 19.4 Å². The molecular formula is C17H22N2O5S. The molecule has 136 valence electrons. The van der Waals surface area contributed by atoms with Crippen LogP contribution >= 0.6 is 0 Å². The molecule has 1 saturated heterocycles. The van der Waals surface area contributed by atoms with Gasteiger partial charge in [-0.2, -0.15) is 0 Å². The third-order valence-electron chi connectivity index (χ3n) is 3.91. The Hall–Kier alpha value is -2.35. The lowest BCUT2D eigenvalue weighted by Crippen LogP contribution is -2.42. The predicted octanol–water partition coefficient (Wildman–Crippen LogP) is 0.518. The normalized spacial score (nSPS) is 19.3. The monoisotopic (exact) mass is 366 g/mol. The minimum atomic E-state index is -3.04. The van der Waals surface area contributed by atoms with Crippen molar-refractivity contribution in [3.05, 3.63) is 35.9 Å². The fourth-order valence-corrected chi connectivity index (χ4v) is 4.21. The van der Waals surface area contributed by atoms with Gasteiger partial charge < -0.3 is 15.4 Å². The van der Waals surface area contributed by atoms with Crippen LogP contribution < -0.4 is 15.4 Å². The number of sulfone groups is 1. The molecule has 0 radical (unpaired) electrons. The molecule has 1 atom stereocenters. The zero-order valence-corrected chi connectivity index (χ0v) is 15.1. The fraction of sp³-hybridized carbons (Fsp3) is 0.412. The highest BCUT2D eigenvalue weighted by atomic mass is 32.2. The highest BCUT2D eigenvalue weighted by Gasteiger charge is 2.28. The molecular weight excluding hydrogens is 344 g/mol. The van der Waals surface area contributed by atoms with Crippen LogP contribution in [0.25, 0.3) is 5.57 Å². The van der Waals surface area contributed by atoms with Crippen molar-refractivity contribution in [3.8, 4) is 5.75 Å². The summed E-state index contributed by atoms with van der Waals surface area (Å²) in [5.41, 5.74) is 1.62. The summed E-state index contributed by atoms with van der Waals surface area (Å²) in [7, 11) is -1.46. The smallest absolute Gasteiger partial charge is 0.244 e. The summed E-state index contributed by atoms with van der Waals surface area (Å²) in [6.07, 6.45) is 1.83. The van der Waals surface area contributed by atoms with Gasteiger partial charge in [0.1, 0.15) is 5.75 Å². The Bertz CT molecular complexity index is 769. The molecule has 1 heterocycles. The maximum Gasteiger partial charge on any atom is 0.244 e. The Labute approximate surface area is 147 Å². The number of carbonyl (C=O) groups is 2. The van der Waals surface area contributed by atoms with Crippen molar-refractivity contribution in [2.24, 2.45) is 0 Å². The lowest BCUT2D eigenvalue weighted by molar-refractivity contribution is -0.124. The molecule has 0 saturated carbocycles. The molecule has 1 aliphatic rings. The quantitative estimate of drug-likeness (QED) is 0.715. The lowest BCUT2D eigenvalue weighted by Gasteiger charge is -2.11. The highest BCUT2D eigenvalue weighted by molar-refractivity contribution is 7.91. The molecule has 2 amide bonds. The van der Waals surface area contributed by atoms with E-state index in [1.54, 1.807) is 26.2 Å². The van der Waals surface area contributed by atoms with Gasteiger partial charge in [0, 0.05) is 12.1 Å². The number of hydrogen-bond donors (Lipinski definition) is 2. The van der Waals surface area contributed by atoms with Gasteiger partial charge in [0.15, 0.2) is 9.84 Å². The first-order valence-corrected chi connectivity index (χ1v) is 9.71. The molecule has 25 heavy (non-hydrogen) atoms. The second kappa shape index (κ2) is 8.15. The van der Waals surface area contributed by atoms with E-state index in [4.69, 9.17) is 4.74 Å². The molecule has 8 heteroatoms. The summed E-state index contributed by atoms with van der Waals surface area (Å²) in [5.74, 6) is -0.00265. The van der Waals surface area contributed by atoms with E-state index >= 15 is 0 Å². The van der Waals surface area contributed by atoms with Crippen LogP contribution in [0.15, 0.2) is 30.3 Å². The maximum atomic E-state index is 11.9. The highest BCUT2D eigenvalue weighted by Crippen LogP contribution is 2.17. The number of ether oxygens (including phenoxy) is 1. The van der Waals surface area contributed by atoms with Crippen molar-refractivity contribution in [3.63, 3.8) is 0 Å². The SMILES string of the molecule is COc1ccc(/C(C)=C/C(=O)NCC(=O)NC2CCS(=O)(=O)C2)cc1. The van der Waals surface area contributed by atoms with Crippen LogP contribution in [-0.4, -0.2) is 51.4 Å². The fourth-order valence-electron chi connectivity index (χ4n) is 2.54. The van der Waals surface area contributed by atoms with Crippen molar-refractivity contribution < 1.29 is 22.7 Å². The van der Waals surface area contributed by atoms with Gasteiger partial charge >= 0.3 is 0 Å². The van der Waals surface area contributed by atoms with E-state index in [1.165, 1.54) is 6.08 Å². The van der Waals surface area contributed by atoms with Crippen LogP contribution in [0.4, 0.5) is 0 Å². The summed E-state index contributed by atoms with van der Waals surface area (Å²) in [5, 5.41) is 5.12. The Morgan fingerprint density at radius 1 is 1.28 bits per heavy atom. The van der Waals surface area contributed by atoms with E-state index in [1.807, 2.05) is 12.1 Å². The largest absolute Gasteiger partial charge is 0.497 e. The predicted molar refractivity (Wildman–Crippen MR) is 94.9 cm³/mol. The first kappa shape index (κ1) is 19.0. The minimum Gasteiger partial charge on any atom is -0.497 e. The van der Waals surface area contributed by atoms with Crippen molar-refractivity contribution in [1.82, 2.24) is 10.6 Å². The Balaban J connectivity index is 1.81. The van der Waals surface area contributed by atoms with E-state index in [9.17, 15) is 18.0 Å². The number of hydrogen-bond acceptors (Lipinski definition) is 5. The number of allylic oxidation sites excluding steroid dienone is 1. The van der Waals surface area contributed by atoms with Crippen LogP contribution in [0, 0.1) is 0 Å². The first-order valence-electron chi connectivity index (χ1n) is 7.89. The summed E-state index contributed by atoms with van der Waals surface area (Å²) in [6.45, 7) is 1.60. The van der Waals surface area contributed by atoms with E-state index in [2.05, 4.69) is 10.6 Å². The molecule has 1 aromatic carbocycles. The Morgan fingerprint density at radius 2 is 1.96 bits per heavy atom. The van der Waals surface area contributed by atoms with Crippen LogP contribution in [0.5, 0.6) is 5.75 Å². The van der Waals surface area contributed by atoms with Gasteiger partial charge in [-0.3, -0.25) is 9.59 Å². The van der Waals surface area contributed by atoms with E-state index in [-0.39, 0.29) is 30.0 Å². The molecule has 1 aliphatic heterocycles. The molecule has 0 spiro atoms. The summed E-state index contributed by atoms with van der Waals surface area (Å²) >= 11 is 0. The number of methoxy groups -OCH3 is 1. The van der Waals surface area contributed by atoms with Gasteiger partial charge in [-0.15, -0.1) is 0 Å². The van der Waals surface area contributed by atoms with Gasteiger partial charge in [-0.25, -0.2) is 8.42 Å². The maximum absolute atomic E-state index is 11.9. The third kappa shape index (κ3) is 5.90. The summed E-state index contributed by atoms with van der Waals surface area (Å²) < 4.78 is 27.8. The molecule has 1 aromatic rings. The van der Waals surface area contributed by atoms with E-state index < -0.39 is 15.7 Å². The van der Waals surface area contributed by atoms with Gasteiger partial charge in [0.25, 0.3) is 0 Å².